The van der Waals surface area contributed by atoms with Crippen LogP contribution < -0.4 is 5.32 Å². The first-order chi connectivity index (χ1) is 13.1. The minimum Gasteiger partial charge on any atom is -0.508 e. The number of ether oxygens (including phenoxy) is 2. The number of phenolic OH excluding ortho intramolecular Hbond substituents is 2. The molecule has 0 saturated carbocycles. The molecule has 2 aromatic carbocycles. The minimum atomic E-state index is -0.581. The largest absolute Gasteiger partial charge is 0.508 e. The molecule has 2 aromatic rings. The van der Waals surface area contributed by atoms with Crippen LogP contribution in [0.2, 0.25) is 5.02 Å². The second-order valence-corrected chi connectivity index (χ2v) is 6.40. The molecule has 152 valence electrons. The zero-order valence-electron chi connectivity index (χ0n) is 16.2. The summed E-state index contributed by atoms with van der Waals surface area (Å²) >= 11 is 5.74. The van der Waals surface area contributed by atoms with Gasteiger partial charge < -0.3 is 19.7 Å². The van der Waals surface area contributed by atoms with Crippen molar-refractivity contribution in [2.75, 3.05) is 11.9 Å². The summed E-state index contributed by atoms with van der Waals surface area (Å²) < 4.78 is 9.65. The van der Waals surface area contributed by atoms with E-state index < -0.39 is 12.1 Å². The minimum absolute atomic E-state index is 0.0759. The number of hydrogen-bond acceptors (Lipinski definition) is 6. The number of carbonyl (C=O) groups is 2. The highest BCUT2D eigenvalue weighted by Gasteiger charge is 2.16. The van der Waals surface area contributed by atoms with E-state index in [1.165, 1.54) is 6.07 Å². The molecule has 3 N–H and O–H groups in total. The van der Waals surface area contributed by atoms with Crippen LogP contribution in [0, 0.1) is 6.92 Å². The summed E-state index contributed by atoms with van der Waals surface area (Å²) in [5, 5.41) is 21.7. The molecule has 0 fully saturated rings. The zero-order valence-corrected chi connectivity index (χ0v) is 16.9. The Morgan fingerprint density at radius 2 is 1.86 bits per heavy atom. The van der Waals surface area contributed by atoms with Crippen molar-refractivity contribution in [1.82, 2.24) is 0 Å². The highest BCUT2D eigenvalue weighted by molar-refractivity contribution is 6.30. The Morgan fingerprint density at radius 3 is 2.39 bits per heavy atom. The third-order valence-electron chi connectivity index (χ3n) is 3.19. The maximum atomic E-state index is 11.3. The lowest BCUT2D eigenvalue weighted by Crippen LogP contribution is -2.17. The van der Waals surface area contributed by atoms with Crippen LogP contribution in [-0.4, -0.2) is 35.0 Å². The number of aryl methyl sites for hydroxylation is 1. The topological polar surface area (TPSA) is 105 Å². The monoisotopic (exact) mass is 409 g/mol. The smallest absolute Gasteiger partial charge is 0.411 e. The fourth-order valence-corrected chi connectivity index (χ4v) is 2.34. The van der Waals surface area contributed by atoms with E-state index in [1.54, 1.807) is 52.0 Å². The molecule has 0 spiro atoms. The lowest BCUT2D eigenvalue weighted by Gasteiger charge is -2.09. The molecule has 0 radical (unpaired) electrons. The molecule has 2 rings (SSSR count). The summed E-state index contributed by atoms with van der Waals surface area (Å²) in [6.45, 7) is 7.13. The van der Waals surface area contributed by atoms with Crippen molar-refractivity contribution in [2.24, 2.45) is 0 Å². The summed E-state index contributed by atoms with van der Waals surface area (Å²) in [5.41, 5.74) is 1.22. The molecule has 0 heterocycles. The van der Waals surface area contributed by atoms with Gasteiger partial charge in [-0.1, -0.05) is 17.7 Å². The Labute approximate surface area is 168 Å². The van der Waals surface area contributed by atoms with E-state index in [4.69, 9.17) is 26.2 Å². The van der Waals surface area contributed by atoms with Crippen LogP contribution in [0.15, 0.2) is 36.4 Å². The first-order valence-corrected chi connectivity index (χ1v) is 8.94. The summed E-state index contributed by atoms with van der Waals surface area (Å²) in [6, 6.07) is 9.40. The predicted molar refractivity (Wildman–Crippen MR) is 107 cm³/mol. The van der Waals surface area contributed by atoms with Crippen LogP contribution in [0.3, 0.4) is 0 Å². The number of phenols is 2. The number of hydrogen-bond donors (Lipinski definition) is 3. The van der Waals surface area contributed by atoms with Crippen LogP contribution in [0.1, 0.15) is 36.7 Å². The van der Waals surface area contributed by atoms with Crippen molar-refractivity contribution >= 4 is 29.4 Å². The number of carbonyl (C=O) groups excluding carboxylic acids is 2. The number of anilines is 1. The average Bonchev–Trinajstić information content (AvgIpc) is 2.53. The Morgan fingerprint density at radius 1 is 1.18 bits per heavy atom. The number of aromatic hydroxyl groups is 2. The lowest BCUT2D eigenvalue weighted by atomic mass is 10.1. The van der Waals surface area contributed by atoms with Crippen LogP contribution in [-0.2, 0) is 9.47 Å². The van der Waals surface area contributed by atoms with Gasteiger partial charge in [0.2, 0.25) is 0 Å². The van der Waals surface area contributed by atoms with Gasteiger partial charge in [0.15, 0.2) is 0 Å². The number of nitrogens with one attached hydrogen (secondary N) is 1. The maximum absolute atomic E-state index is 11.3. The summed E-state index contributed by atoms with van der Waals surface area (Å²) in [4.78, 5) is 22.5. The van der Waals surface area contributed by atoms with E-state index >= 15 is 0 Å². The normalized spacial score (nSPS) is 9.93. The molecule has 0 atom stereocenters. The fourth-order valence-electron chi connectivity index (χ4n) is 2.15. The van der Waals surface area contributed by atoms with Crippen molar-refractivity contribution in [3.63, 3.8) is 0 Å². The molecule has 0 aliphatic carbocycles. The number of esters is 1. The zero-order chi connectivity index (χ0) is 21.3. The highest BCUT2D eigenvalue weighted by atomic mass is 35.5. The molecule has 0 aliphatic rings. The molecule has 0 bridgehead atoms. The Hall–Kier alpha value is -2.93. The molecule has 1 amide bonds. The Kier molecular flexibility index (Phi) is 9.11. The van der Waals surface area contributed by atoms with Gasteiger partial charge in [-0.25, -0.2) is 9.59 Å². The van der Waals surface area contributed by atoms with Gasteiger partial charge in [-0.05, 0) is 57.5 Å². The SMILES string of the molecule is CC(C)OC(=O)Nc1cccc(Cl)c1.CCOC(=O)c1c(C)cc(O)cc1O. The van der Waals surface area contributed by atoms with E-state index in [2.05, 4.69) is 5.32 Å². The van der Waals surface area contributed by atoms with Crippen molar-refractivity contribution in [3.05, 3.63) is 52.5 Å². The number of halogens is 1. The predicted octanol–water partition coefficient (Wildman–Crippen LogP) is 4.88. The molecule has 8 heteroatoms. The Bertz CT molecular complexity index is 799. The van der Waals surface area contributed by atoms with Crippen LogP contribution in [0.4, 0.5) is 10.5 Å². The number of benzene rings is 2. The van der Waals surface area contributed by atoms with E-state index in [0.717, 1.165) is 6.07 Å². The van der Waals surface area contributed by atoms with Gasteiger partial charge in [0.1, 0.15) is 17.1 Å². The van der Waals surface area contributed by atoms with Gasteiger partial charge in [-0.3, -0.25) is 5.32 Å². The van der Waals surface area contributed by atoms with E-state index in [0.29, 0.717) is 16.3 Å². The lowest BCUT2D eigenvalue weighted by molar-refractivity contribution is 0.0522. The maximum Gasteiger partial charge on any atom is 0.411 e. The van der Waals surface area contributed by atoms with E-state index in [-0.39, 0.29) is 29.8 Å². The first kappa shape index (κ1) is 23.1. The third kappa shape index (κ3) is 7.75. The summed E-state index contributed by atoms with van der Waals surface area (Å²) in [7, 11) is 0. The quantitative estimate of drug-likeness (QED) is 0.621. The van der Waals surface area contributed by atoms with Crippen molar-refractivity contribution in [1.29, 1.82) is 0 Å². The second-order valence-electron chi connectivity index (χ2n) is 5.97. The van der Waals surface area contributed by atoms with Crippen molar-refractivity contribution in [2.45, 2.75) is 33.8 Å². The Balaban J connectivity index is 0.000000280. The van der Waals surface area contributed by atoms with Crippen LogP contribution in [0.5, 0.6) is 11.5 Å². The average molecular weight is 410 g/mol. The third-order valence-corrected chi connectivity index (χ3v) is 3.43. The van der Waals surface area contributed by atoms with Gasteiger partial charge in [0.05, 0.1) is 12.7 Å². The second kappa shape index (κ2) is 11.0. The highest BCUT2D eigenvalue weighted by Crippen LogP contribution is 2.27. The number of amides is 1. The van der Waals surface area contributed by atoms with Crippen molar-refractivity contribution < 1.29 is 29.3 Å². The van der Waals surface area contributed by atoms with Gasteiger partial charge in [0.25, 0.3) is 0 Å². The van der Waals surface area contributed by atoms with Gasteiger partial charge >= 0.3 is 12.1 Å². The fraction of sp³-hybridized carbons (Fsp3) is 0.300. The molecule has 0 aliphatic heterocycles. The first-order valence-electron chi connectivity index (χ1n) is 8.56. The van der Waals surface area contributed by atoms with Crippen LogP contribution in [0.25, 0.3) is 0 Å². The molecule has 0 aromatic heterocycles. The van der Waals surface area contributed by atoms with Crippen molar-refractivity contribution in [3.8, 4) is 11.5 Å². The van der Waals surface area contributed by atoms with E-state index in [9.17, 15) is 14.7 Å². The van der Waals surface area contributed by atoms with Gasteiger partial charge in [-0.2, -0.15) is 0 Å². The molecule has 28 heavy (non-hydrogen) atoms. The number of rotatable bonds is 4. The molecular formula is C20H24ClNO6. The standard InChI is InChI=1S/C10H12ClNO2.C10H12O4/c1-7(2)14-10(13)12-9-5-3-4-8(11)6-9;1-3-14-10(13)9-6(2)4-7(11)5-8(9)12/h3-7H,1-2H3,(H,12,13);4-5,11-12H,3H2,1-2H3. The molecular weight excluding hydrogens is 386 g/mol. The van der Waals surface area contributed by atoms with Gasteiger partial charge in [0, 0.05) is 16.8 Å². The molecule has 0 unspecified atom stereocenters. The summed E-state index contributed by atoms with van der Waals surface area (Å²) in [6.07, 6.45) is -0.601. The van der Waals surface area contributed by atoms with Gasteiger partial charge in [-0.15, -0.1) is 0 Å². The van der Waals surface area contributed by atoms with E-state index in [1.807, 2.05) is 0 Å². The van der Waals surface area contributed by atoms with Crippen LogP contribution >= 0.6 is 11.6 Å². The molecule has 0 saturated heterocycles. The molecule has 7 nitrogen and oxygen atoms in total. The summed E-state index contributed by atoms with van der Waals surface area (Å²) in [5.74, 6) is -0.920.